The minimum atomic E-state index is -0.612. The van der Waals surface area contributed by atoms with E-state index in [0.29, 0.717) is 23.7 Å². The first-order valence-corrected chi connectivity index (χ1v) is 14.5. The molecule has 0 radical (unpaired) electrons. The Morgan fingerprint density at radius 3 is 2.45 bits per heavy atom. The van der Waals surface area contributed by atoms with E-state index in [0.717, 1.165) is 21.9 Å². The van der Waals surface area contributed by atoms with Crippen LogP contribution in [0.15, 0.2) is 84.2 Å². The number of fused-ring (bicyclic) bond motifs is 3. The van der Waals surface area contributed by atoms with Crippen molar-refractivity contribution in [2.45, 2.75) is 33.1 Å². The molecule has 0 aliphatic carbocycles. The molecule has 1 N–H and O–H groups in total. The number of urea groups is 1. The number of benzene rings is 3. The van der Waals surface area contributed by atoms with Crippen molar-refractivity contribution in [1.82, 2.24) is 15.1 Å². The highest BCUT2D eigenvalue weighted by molar-refractivity contribution is 7.12. The summed E-state index contributed by atoms with van der Waals surface area (Å²) in [5.41, 5.74) is 2.60. The summed E-state index contributed by atoms with van der Waals surface area (Å²) in [6.45, 7) is 5.31. The zero-order chi connectivity index (χ0) is 27.8. The number of amides is 4. The quantitative estimate of drug-likeness (QED) is 0.345. The van der Waals surface area contributed by atoms with Gasteiger partial charge in [-0.2, -0.15) is 0 Å². The normalized spacial score (nSPS) is 19.0. The minimum absolute atomic E-state index is 0.0124. The fourth-order valence-corrected chi connectivity index (χ4v) is 6.55. The SMILES string of the molecule is CC(C)[C@@H]1CN2C(=O)c3sccc3N(C(=O)NCc3ccccc3)C2CN(Cc2ccc3ccccc3c2)C1=O. The Hall–Kier alpha value is -4.17. The van der Waals surface area contributed by atoms with E-state index in [1.165, 1.54) is 11.3 Å². The number of nitrogens with one attached hydrogen (secondary N) is 1. The second-order valence-corrected chi connectivity index (χ2v) is 11.8. The number of thiophene rings is 1. The van der Waals surface area contributed by atoms with Gasteiger partial charge in [0.25, 0.3) is 5.91 Å². The lowest BCUT2D eigenvalue weighted by molar-refractivity contribution is -0.136. The van der Waals surface area contributed by atoms with Gasteiger partial charge in [0.1, 0.15) is 11.0 Å². The molecule has 2 aliphatic rings. The summed E-state index contributed by atoms with van der Waals surface area (Å²) in [6, 6.07) is 25.7. The van der Waals surface area contributed by atoms with E-state index in [9.17, 15) is 14.4 Å². The van der Waals surface area contributed by atoms with Gasteiger partial charge in [-0.05, 0) is 45.3 Å². The maximum Gasteiger partial charge on any atom is 0.323 e. The summed E-state index contributed by atoms with van der Waals surface area (Å²) in [5, 5.41) is 7.15. The topological polar surface area (TPSA) is 73.0 Å². The van der Waals surface area contributed by atoms with Crippen LogP contribution >= 0.6 is 11.3 Å². The molecule has 40 heavy (non-hydrogen) atoms. The van der Waals surface area contributed by atoms with Gasteiger partial charge >= 0.3 is 6.03 Å². The highest BCUT2D eigenvalue weighted by Crippen LogP contribution is 2.38. The van der Waals surface area contributed by atoms with Crippen LogP contribution in [0.4, 0.5) is 10.5 Å². The Balaban J connectivity index is 1.35. The summed E-state index contributed by atoms with van der Waals surface area (Å²) < 4.78 is 0. The first kappa shape index (κ1) is 26.1. The van der Waals surface area contributed by atoms with Gasteiger partial charge in [0.2, 0.25) is 5.91 Å². The highest BCUT2D eigenvalue weighted by Gasteiger charge is 2.47. The van der Waals surface area contributed by atoms with Crippen LogP contribution in [0.5, 0.6) is 0 Å². The Morgan fingerprint density at radius 1 is 0.925 bits per heavy atom. The fraction of sp³-hybridized carbons (Fsp3) is 0.281. The maximum absolute atomic E-state index is 14.0. The predicted molar refractivity (Wildman–Crippen MR) is 158 cm³/mol. The van der Waals surface area contributed by atoms with Gasteiger partial charge in [-0.1, -0.05) is 80.6 Å². The number of nitrogens with zero attached hydrogens (tertiary/aromatic N) is 3. The minimum Gasteiger partial charge on any atom is -0.334 e. The van der Waals surface area contributed by atoms with E-state index in [1.807, 2.05) is 72.7 Å². The Bertz CT molecular complexity index is 1570. The molecule has 0 spiro atoms. The van der Waals surface area contributed by atoms with E-state index in [1.54, 1.807) is 9.80 Å². The summed E-state index contributed by atoms with van der Waals surface area (Å²) in [5.74, 6) is -0.445. The van der Waals surface area contributed by atoms with Crippen LogP contribution in [0.3, 0.4) is 0 Å². The van der Waals surface area contributed by atoms with Crippen LogP contribution in [0.25, 0.3) is 10.8 Å². The van der Waals surface area contributed by atoms with E-state index in [2.05, 4.69) is 35.6 Å². The number of hydrogen-bond acceptors (Lipinski definition) is 4. The Morgan fingerprint density at radius 2 is 1.68 bits per heavy atom. The first-order chi connectivity index (χ1) is 19.4. The second-order valence-electron chi connectivity index (χ2n) is 10.8. The van der Waals surface area contributed by atoms with Crippen LogP contribution in [0.2, 0.25) is 0 Å². The molecular formula is C32H32N4O3S. The molecule has 0 saturated carbocycles. The van der Waals surface area contributed by atoms with E-state index in [4.69, 9.17) is 0 Å². The van der Waals surface area contributed by atoms with Crippen LogP contribution in [0.1, 0.15) is 34.6 Å². The van der Waals surface area contributed by atoms with E-state index < -0.39 is 6.17 Å². The largest absolute Gasteiger partial charge is 0.334 e. The number of hydrogen-bond donors (Lipinski definition) is 1. The van der Waals surface area contributed by atoms with Crippen molar-refractivity contribution in [1.29, 1.82) is 0 Å². The van der Waals surface area contributed by atoms with Crippen molar-refractivity contribution in [3.63, 3.8) is 0 Å². The van der Waals surface area contributed by atoms with Crippen molar-refractivity contribution in [2.24, 2.45) is 11.8 Å². The summed E-state index contributed by atoms with van der Waals surface area (Å²) in [4.78, 5) is 47.3. The van der Waals surface area contributed by atoms with Gasteiger partial charge in [-0.15, -0.1) is 11.3 Å². The van der Waals surface area contributed by atoms with Crippen molar-refractivity contribution >= 4 is 45.6 Å². The van der Waals surface area contributed by atoms with Crippen molar-refractivity contribution < 1.29 is 14.4 Å². The zero-order valence-corrected chi connectivity index (χ0v) is 23.4. The average molecular weight is 553 g/mol. The molecular weight excluding hydrogens is 520 g/mol. The van der Waals surface area contributed by atoms with Gasteiger partial charge in [-0.3, -0.25) is 14.5 Å². The lowest BCUT2D eigenvalue weighted by Gasteiger charge is -2.43. The molecule has 3 heterocycles. The van der Waals surface area contributed by atoms with Gasteiger partial charge in [-0.25, -0.2) is 4.79 Å². The molecule has 1 saturated heterocycles. The molecule has 2 atom stereocenters. The van der Waals surface area contributed by atoms with Crippen molar-refractivity contribution in [2.75, 3.05) is 18.0 Å². The monoisotopic (exact) mass is 552 g/mol. The summed E-state index contributed by atoms with van der Waals surface area (Å²) >= 11 is 1.34. The predicted octanol–water partition coefficient (Wildman–Crippen LogP) is 5.71. The van der Waals surface area contributed by atoms with Crippen LogP contribution < -0.4 is 10.2 Å². The number of rotatable bonds is 5. The van der Waals surface area contributed by atoms with Crippen LogP contribution in [-0.4, -0.2) is 46.9 Å². The van der Waals surface area contributed by atoms with E-state index in [-0.39, 0.29) is 42.8 Å². The van der Waals surface area contributed by atoms with Crippen LogP contribution in [0, 0.1) is 11.8 Å². The molecule has 8 heteroatoms. The molecule has 0 bridgehead atoms. The van der Waals surface area contributed by atoms with Crippen LogP contribution in [-0.2, 0) is 17.9 Å². The third-order valence-corrected chi connectivity index (χ3v) is 8.81. The Kier molecular flexibility index (Phi) is 7.02. The number of anilines is 1. The summed E-state index contributed by atoms with van der Waals surface area (Å²) in [6.07, 6.45) is -0.612. The zero-order valence-electron chi connectivity index (χ0n) is 22.6. The number of carbonyl (C=O) groups excluding carboxylic acids is 3. The lowest BCUT2D eigenvalue weighted by Crippen LogP contribution is -2.61. The standard InChI is InChI=1S/C32H32N4O3S/c1-21(2)26-19-35-28(20-34(30(26)37)18-23-12-13-24-10-6-7-11-25(24)16-23)36(27-14-15-40-29(27)31(35)38)32(39)33-17-22-8-4-3-5-9-22/h3-16,21,26,28H,17-20H2,1-2H3,(H,33,39)/t26-,28?/m0/s1. The van der Waals surface area contributed by atoms with Crippen molar-refractivity contribution in [3.05, 3.63) is 100 Å². The molecule has 1 fully saturated rings. The van der Waals surface area contributed by atoms with E-state index >= 15 is 0 Å². The highest BCUT2D eigenvalue weighted by atomic mass is 32.1. The molecule has 4 aromatic rings. The van der Waals surface area contributed by atoms with Gasteiger partial charge in [0.05, 0.1) is 18.2 Å². The molecule has 1 unspecified atom stereocenters. The number of carbonyl (C=O) groups is 3. The third-order valence-electron chi connectivity index (χ3n) is 7.92. The molecule has 1 aromatic heterocycles. The smallest absolute Gasteiger partial charge is 0.323 e. The molecule has 4 amide bonds. The van der Waals surface area contributed by atoms with Gasteiger partial charge < -0.3 is 15.1 Å². The van der Waals surface area contributed by atoms with Gasteiger partial charge in [0.15, 0.2) is 0 Å². The van der Waals surface area contributed by atoms with Crippen molar-refractivity contribution in [3.8, 4) is 0 Å². The molecule has 7 nitrogen and oxygen atoms in total. The average Bonchev–Trinajstić information content (AvgIpc) is 3.40. The maximum atomic E-state index is 14.0. The molecule has 2 aliphatic heterocycles. The Labute approximate surface area is 238 Å². The first-order valence-electron chi connectivity index (χ1n) is 13.7. The lowest BCUT2D eigenvalue weighted by atomic mass is 9.93. The summed E-state index contributed by atoms with van der Waals surface area (Å²) in [7, 11) is 0. The molecule has 6 rings (SSSR count). The van der Waals surface area contributed by atoms with Gasteiger partial charge in [0, 0.05) is 19.6 Å². The fourth-order valence-electron chi connectivity index (χ4n) is 5.71. The molecule has 204 valence electrons. The molecule has 3 aromatic carbocycles. The second kappa shape index (κ2) is 10.8. The third kappa shape index (κ3) is 4.84.